The smallest absolute Gasteiger partial charge is 0.217 e. The molecule has 0 aliphatic heterocycles. The Morgan fingerprint density at radius 2 is 1.73 bits per heavy atom. The van der Waals surface area contributed by atoms with Crippen LogP contribution in [0.3, 0.4) is 0 Å². The van der Waals surface area contributed by atoms with E-state index in [0.29, 0.717) is 0 Å². The SMILES string of the molecule is C=CCC(CC=C)CCCCC[NH2+]CC.CCOS(=O)(=O)[O-]. The van der Waals surface area contributed by atoms with Crippen LogP contribution in [0.1, 0.15) is 52.4 Å². The van der Waals surface area contributed by atoms with Crippen molar-refractivity contribution in [2.24, 2.45) is 5.92 Å². The molecular formula is C16H33NO4S. The first-order chi connectivity index (χ1) is 10.4. The summed E-state index contributed by atoms with van der Waals surface area (Å²) in [7, 11) is -4.42. The van der Waals surface area contributed by atoms with Gasteiger partial charge in [0, 0.05) is 0 Å². The predicted molar refractivity (Wildman–Crippen MR) is 90.2 cm³/mol. The van der Waals surface area contributed by atoms with Crippen molar-refractivity contribution in [3.63, 3.8) is 0 Å². The van der Waals surface area contributed by atoms with Crippen LogP contribution in [-0.2, 0) is 14.6 Å². The van der Waals surface area contributed by atoms with Gasteiger partial charge in [-0.05, 0) is 51.9 Å². The molecule has 0 saturated heterocycles. The van der Waals surface area contributed by atoms with Crippen LogP contribution in [0.2, 0.25) is 0 Å². The van der Waals surface area contributed by atoms with Crippen molar-refractivity contribution in [3.05, 3.63) is 25.3 Å². The fourth-order valence-corrected chi connectivity index (χ4v) is 2.34. The summed E-state index contributed by atoms with van der Waals surface area (Å²) in [6.45, 7) is 13.7. The third-order valence-electron chi connectivity index (χ3n) is 3.07. The Balaban J connectivity index is 0. The summed E-state index contributed by atoms with van der Waals surface area (Å²) in [6, 6.07) is 0. The monoisotopic (exact) mass is 335 g/mol. The van der Waals surface area contributed by atoms with Crippen LogP contribution in [0.5, 0.6) is 0 Å². The fourth-order valence-electron chi connectivity index (χ4n) is 2.05. The minimum Gasteiger partial charge on any atom is -0.726 e. The first-order valence-electron chi connectivity index (χ1n) is 8.04. The summed E-state index contributed by atoms with van der Waals surface area (Å²) >= 11 is 0. The first kappa shape index (κ1) is 23.6. The lowest BCUT2D eigenvalue weighted by atomic mass is 9.94. The molecule has 0 spiro atoms. The van der Waals surface area contributed by atoms with Crippen LogP contribution >= 0.6 is 0 Å². The molecule has 0 fully saturated rings. The van der Waals surface area contributed by atoms with Crippen LogP contribution in [0, 0.1) is 5.92 Å². The molecule has 0 rings (SSSR count). The lowest BCUT2D eigenvalue weighted by Crippen LogP contribution is -2.83. The molecule has 132 valence electrons. The zero-order valence-electron chi connectivity index (χ0n) is 14.1. The second-order valence-electron chi connectivity index (χ2n) is 5.06. The van der Waals surface area contributed by atoms with Crippen molar-refractivity contribution in [2.45, 2.75) is 52.4 Å². The van der Waals surface area contributed by atoms with Gasteiger partial charge in [-0.2, -0.15) is 0 Å². The lowest BCUT2D eigenvalue weighted by Gasteiger charge is -2.11. The Morgan fingerprint density at radius 1 is 1.14 bits per heavy atom. The van der Waals surface area contributed by atoms with Crippen LogP contribution in [0.25, 0.3) is 0 Å². The summed E-state index contributed by atoms with van der Waals surface area (Å²) in [5, 5.41) is 2.38. The Kier molecular flexibility index (Phi) is 17.9. The second-order valence-corrected chi connectivity index (χ2v) is 6.12. The minimum atomic E-state index is -4.42. The quantitative estimate of drug-likeness (QED) is 0.242. The zero-order valence-corrected chi connectivity index (χ0v) is 14.9. The summed E-state index contributed by atoms with van der Waals surface area (Å²) < 4.78 is 32.0. The molecular weight excluding hydrogens is 302 g/mol. The van der Waals surface area contributed by atoms with Gasteiger partial charge in [0.2, 0.25) is 10.4 Å². The third kappa shape index (κ3) is 21.6. The Labute approximate surface area is 136 Å². The van der Waals surface area contributed by atoms with E-state index in [1.807, 2.05) is 12.2 Å². The molecule has 0 aromatic carbocycles. The molecule has 0 saturated carbocycles. The van der Waals surface area contributed by atoms with Crippen molar-refractivity contribution in [2.75, 3.05) is 19.7 Å². The minimum absolute atomic E-state index is 0.0914. The zero-order chi connectivity index (χ0) is 17.3. The molecule has 0 aromatic heterocycles. The van der Waals surface area contributed by atoms with Crippen LogP contribution < -0.4 is 5.32 Å². The highest BCUT2D eigenvalue weighted by atomic mass is 32.3. The topological polar surface area (TPSA) is 83.0 Å². The average molecular weight is 336 g/mol. The summed E-state index contributed by atoms with van der Waals surface area (Å²) in [5.41, 5.74) is 0. The van der Waals surface area contributed by atoms with E-state index in [2.05, 4.69) is 29.6 Å². The van der Waals surface area contributed by atoms with Gasteiger partial charge >= 0.3 is 0 Å². The standard InChI is InChI=1S/C14H27N.C2H6O4S/c1-4-10-14(11-5-2)12-8-7-9-13-15-6-3;1-2-6-7(3,4)5/h4-5,14-15H,1-2,6-13H2,3H3;2H2,1H3,(H,3,4,5). The van der Waals surface area contributed by atoms with Crippen molar-refractivity contribution < 1.29 is 22.5 Å². The number of quaternary nitrogens is 1. The molecule has 6 heteroatoms. The summed E-state index contributed by atoms with van der Waals surface area (Å²) in [6.07, 6.45) is 11.8. The van der Waals surface area contributed by atoms with Crippen molar-refractivity contribution >= 4 is 10.4 Å². The van der Waals surface area contributed by atoms with Gasteiger partial charge < -0.3 is 9.87 Å². The van der Waals surface area contributed by atoms with Gasteiger partial charge in [-0.3, -0.25) is 4.18 Å². The second kappa shape index (κ2) is 16.7. The highest BCUT2D eigenvalue weighted by Crippen LogP contribution is 2.18. The highest BCUT2D eigenvalue weighted by Gasteiger charge is 2.04. The van der Waals surface area contributed by atoms with E-state index in [9.17, 15) is 13.0 Å². The first-order valence-corrected chi connectivity index (χ1v) is 9.38. The van der Waals surface area contributed by atoms with Crippen molar-refractivity contribution in [1.29, 1.82) is 0 Å². The Morgan fingerprint density at radius 3 is 2.09 bits per heavy atom. The molecule has 0 aliphatic rings. The molecule has 0 amide bonds. The van der Waals surface area contributed by atoms with Crippen LogP contribution in [0.4, 0.5) is 0 Å². The summed E-state index contributed by atoms with van der Waals surface area (Å²) in [4.78, 5) is 0. The molecule has 2 N–H and O–H groups in total. The maximum Gasteiger partial charge on any atom is 0.217 e. The largest absolute Gasteiger partial charge is 0.726 e. The fraction of sp³-hybridized carbons (Fsp3) is 0.750. The number of rotatable bonds is 13. The molecule has 0 aromatic rings. The Bertz CT molecular complexity index is 345. The van der Waals surface area contributed by atoms with Gasteiger partial charge in [0.1, 0.15) is 0 Å². The molecule has 0 heterocycles. The van der Waals surface area contributed by atoms with E-state index in [1.165, 1.54) is 45.7 Å². The van der Waals surface area contributed by atoms with Gasteiger partial charge in [-0.25, -0.2) is 8.42 Å². The van der Waals surface area contributed by atoms with E-state index in [1.54, 1.807) is 0 Å². The normalized spacial score (nSPS) is 10.9. The highest BCUT2D eigenvalue weighted by molar-refractivity contribution is 7.80. The maximum absolute atomic E-state index is 9.45. The molecule has 0 atom stereocenters. The number of unbranched alkanes of at least 4 members (excludes halogenated alkanes) is 2. The van der Waals surface area contributed by atoms with Crippen LogP contribution in [0.15, 0.2) is 25.3 Å². The van der Waals surface area contributed by atoms with Gasteiger partial charge in [-0.15, -0.1) is 13.2 Å². The average Bonchev–Trinajstić information content (AvgIpc) is 2.42. The Hall–Kier alpha value is -0.690. The number of allylic oxidation sites excluding steroid dienone is 2. The molecule has 0 bridgehead atoms. The lowest BCUT2D eigenvalue weighted by molar-refractivity contribution is -0.652. The van der Waals surface area contributed by atoms with E-state index < -0.39 is 10.4 Å². The summed E-state index contributed by atoms with van der Waals surface area (Å²) in [5.74, 6) is 0.787. The van der Waals surface area contributed by atoms with Crippen LogP contribution in [-0.4, -0.2) is 32.7 Å². The van der Waals surface area contributed by atoms with E-state index in [4.69, 9.17) is 0 Å². The van der Waals surface area contributed by atoms with Gasteiger partial charge in [0.05, 0.1) is 19.7 Å². The van der Waals surface area contributed by atoms with Crippen molar-refractivity contribution in [1.82, 2.24) is 0 Å². The van der Waals surface area contributed by atoms with E-state index in [-0.39, 0.29) is 6.61 Å². The third-order valence-corrected chi connectivity index (χ3v) is 3.60. The number of nitrogens with two attached hydrogens (primary N) is 1. The molecule has 0 aliphatic carbocycles. The predicted octanol–water partition coefficient (Wildman–Crippen LogP) is 2.38. The molecule has 0 radical (unpaired) electrons. The van der Waals surface area contributed by atoms with Crippen molar-refractivity contribution in [3.8, 4) is 0 Å². The number of hydrogen-bond donors (Lipinski definition) is 1. The molecule has 5 nitrogen and oxygen atoms in total. The maximum atomic E-state index is 9.45. The number of hydrogen-bond acceptors (Lipinski definition) is 4. The van der Waals surface area contributed by atoms with Gasteiger partial charge in [0.15, 0.2) is 0 Å². The molecule has 22 heavy (non-hydrogen) atoms. The molecule has 0 unspecified atom stereocenters. The van der Waals surface area contributed by atoms with Gasteiger partial charge in [-0.1, -0.05) is 18.6 Å². The van der Waals surface area contributed by atoms with Gasteiger partial charge in [0.25, 0.3) is 0 Å². The van der Waals surface area contributed by atoms with E-state index in [0.717, 1.165) is 18.8 Å². The van der Waals surface area contributed by atoms with E-state index >= 15 is 0 Å².